The summed E-state index contributed by atoms with van der Waals surface area (Å²) >= 11 is 3.47. The average Bonchev–Trinajstić information content (AvgIpc) is 2.66. The van der Waals surface area contributed by atoms with Crippen LogP contribution in [-0.4, -0.2) is 22.4 Å². The zero-order valence-electron chi connectivity index (χ0n) is 11.7. The first-order valence-electron chi connectivity index (χ1n) is 6.19. The zero-order chi connectivity index (χ0) is 14.6. The lowest BCUT2D eigenvalue weighted by Crippen LogP contribution is -2.31. The van der Waals surface area contributed by atoms with Gasteiger partial charge in [-0.25, -0.2) is 0 Å². The molecule has 0 aliphatic rings. The van der Waals surface area contributed by atoms with Gasteiger partial charge in [0.25, 0.3) is 0 Å². The third-order valence-corrected chi connectivity index (χ3v) is 3.98. The molecule has 0 fully saturated rings. The Kier molecular flexibility index (Phi) is 5.12. The molecule has 0 saturated heterocycles. The molecule has 1 unspecified atom stereocenters. The highest BCUT2D eigenvalue weighted by Gasteiger charge is 2.37. The van der Waals surface area contributed by atoms with Gasteiger partial charge in [0.15, 0.2) is 5.41 Å². The summed E-state index contributed by atoms with van der Waals surface area (Å²) in [6.45, 7) is 8.13. The SMILES string of the molecule is CCOC(=O)C(C)(C#N)Cc1c(Br)c(C)nn1CC. The third-order valence-electron chi connectivity index (χ3n) is 2.95. The molecule has 1 aromatic rings. The fourth-order valence-corrected chi connectivity index (χ4v) is 2.24. The molecule has 0 amide bonds. The zero-order valence-corrected chi connectivity index (χ0v) is 13.2. The van der Waals surface area contributed by atoms with Crippen molar-refractivity contribution < 1.29 is 9.53 Å². The molecule has 0 aliphatic heterocycles. The molecule has 0 N–H and O–H groups in total. The van der Waals surface area contributed by atoms with Crippen molar-refractivity contribution in [3.8, 4) is 6.07 Å². The van der Waals surface area contributed by atoms with Crippen molar-refractivity contribution in [2.75, 3.05) is 6.61 Å². The van der Waals surface area contributed by atoms with Crippen LogP contribution in [0.3, 0.4) is 0 Å². The molecule has 0 bridgehead atoms. The van der Waals surface area contributed by atoms with Gasteiger partial charge in [-0.1, -0.05) is 0 Å². The summed E-state index contributed by atoms with van der Waals surface area (Å²) < 4.78 is 7.63. The number of ether oxygens (including phenoxy) is 1. The molecule has 6 heteroatoms. The van der Waals surface area contributed by atoms with Gasteiger partial charge in [-0.15, -0.1) is 0 Å². The topological polar surface area (TPSA) is 67.9 Å². The Bertz CT molecular complexity index is 519. The Labute approximate surface area is 121 Å². The van der Waals surface area contributed by atoms with Gasteiger partial charge in [-0.2, -0.15) is 10.4 Å². The summed E-state index contributed by atoms with van der Waals surface area (Å²) in [7, 11) is 0. The van der Waals surface area contributed by atoms with Crippen LogP contribution in [0.4, 0.5) is 0 Å². The molecule has 0 radical (unpaired) electrons. The molecule has 0 aromatic carbocycles. The quantitative estimate of drug-likeness (QED) is 0.779. The van der Waals surface area contributed by atoms with Gasteiger partial charge in [0.05, 0.1) is 28.5 Å². The summed E-state index contributed by atoms with van der Waals surface area (Å²) in [6, 6.07) is 2.06. The van der Waals surface area contributed by atoms with Crippen molar-refractivity contribution in [2.45, 2.75) is 40.7 Å². The van der Waals surface area contributed by atoms with E-state index in [9.17, 15) is 10.1 Å². The molecular weight excluding hydrogens is 310 g/mol. The summed E-state index contributed by atoms with van der Waals surface area (Å²) in [5.41, 5.74) is 0.496. The molecule has 104 valence electrons. The van der Waals surface area contributed by atoms with Gasteiger partial charge in [0.1, 0.15) is 0 Å². The van der Waals surface area contributed by atoms with Crippen molar-refractivity contribution >= 4 is 21.9 Å². The van der Waals surface area contributed by atoms with E-state index < -0.39 is 11.4 Å². The van der Waals surface area contributed by atoms with Crippen LogP contribution in [-0.2, 0) is 22.5 Å². The second kappa shape index (κ2) is 6.20. The molecule has 0 aliphatic carbocycles. The summed E-state index contributed by atoms with van der Waals surface area (Å²) in [5, 5.41) is 13.7. The van der Waals surface area contributed by atoms with E-state index in [1.165, 1.54) is 0 Å². The molecular formula is C13H18BrN3O2. The van der Waals surface area contributed by atoms with E-state index in [2.05, 4.69) is 27.1 Å². The van der Waals surface area contributed by atoms with Crippen molar-refractivity contribution in [1.82, 2.24) is 9.78 Å². The van der Waals surface area contributed by atoms with E-state index in [0.29, 0.717) is 6.54 Å². The fourth-order valence-electron chi connectivity index (χ4n) is 1.82. The number of rotatable bonds is 5. The monoisotopic (exact) mass is 327 g/mol. The van der Waals surface area contributed by atoms with Crippen molar-refractivity contribution in [2.24, 2.45) is 5.41 Å². The maximum Gasteiger partial charge on any atom is 0.326 e. The van der Waals surface area contributed by atoms with Crippen molar-refractivity contribution in [3.05, 3.63) is 15.9 Å². The van der Waals surface area contributed by atoms with Gasteiger partial charge in [0.2, 0.25) is 0 Å². The minimum atomic E-state index is -1.20. The second-order valence-electron chi connectivity index (χ2n) is 4.50. The van der Waals surface area contributed by atoms with Crippen molar-refractivity contribution in [3.63, 3.8) is 0 Å². The van der Waals surface area contributed by atoms with E-state index in [1.807, 2.05) is 13.8 Å². The number of nitrogens with zero attached hydrogens (tertiary/aromatic N) is 3. The Morgan fingerprint density at radius 3 is 2.68 bits per heavy atom. The van der Waals surface area contributed by atoms with E-state index in [-0.39, 0.29) is 13.0 Å². The Hall–Kier alpha value is -1.35. The van der Waals surface area contributed by atoms with Crippen LogP contribution in [0, 0.1) is 23.7 Å². The standard InChI is InChI=1S/C13H18BrN3O2/c1-5-17-10(11(14)9(3)16-17)7-13(4,8-15)12(18)19-6-2/h5-7H2,1-4H3. The minimum absolute atomic E-state index is 0.267. The number of halogens is 1. The van der Waals surface area contributed by atoms with Crippen LogP contribution in [0.2, 0.25) is 0 Å². The highest BCUT2D eigenvalue weighted by Crippen LogP contribution is 2.29. The molecule has 0 saturated carbocycles. The number of aromatic nitrogens is 2. The number of nitriles is 1. The highest BCUT2D eigenvalue weighted by atomic mass is 79.9. The molecule has 19 heavy (non-hydrogen) atoms. The van der Waals surface area contributed by atoms with Gasteiger partial charge in [0, 0.05) is 13.0 Å². The molecule has 1 atom stereocenters. The van der Waals surface area contributed by atoms with Crippen LogP contribution >= 0.6 is 15.9 Å². The fraction of sp³-hybridized carbons (Fsp3) is 0.615. The van der Waals surface area contributed by atoms with Crippen LogP contribution in [0.5, 0.6) is 0 Å². The second-order valence-corrected chi connectivity index (χ2v) is 5.30. The first-order valence-corrected chi connectivity index (χ1v) is 6.99. The lowest BCUT2D eigenvalue weighted by atomic mass is 9.87. The first-order chi connectivity index (χ1) is 8.89. The normalized spacial score (nSPS) is 13.7. The number of hydrogen-bond acceptors (Lipinski definition) is 4. The molecule has 1 heterocycles. The highest BCUT2D eigenvalue weighted by molar-refractivity contribution is 9.10. The van der Waals surface area contributed by atoms with Crippen LogP contribution in [0.1, 0.15) is 32.2 Å². The summed E-state index contributed by atoms with van der Waals surface area (Å²) in [4.78, 5) is 11.9. The number of aryl methyl sites for hydroxylation is 2. The predicted molar refractivity (Wildman–Crippen MR) is 74.4 cm³/mol. The van der Waals surface area contributed by atoms with E-state index in [1.54, 1.807) is 18.5 Å². The molecule has 1 rings (SSSR count). The number of carbonyl (C=O) groups is 1. The van der Waals surface area contributed by atoms with Gasteiger partial charge in [-0.3, -0.25) is 9.48 Å². The number of carbonyl (C=O) groups excluding carboxylic acids is 1. The van der Waals surface area contributed by atoms with Crippen molar-refractivity contribution in [1.29, 1.82) is 5.26 Å². The smallest absolute Gasteiger partial charge is 0.326 e. The summed E-state index contributed by atoms with van der Waals surface area (Å²) in [6.07, 6.45) is 0.275. The van der Waals surface area contributed by atoms with Gasteiger partial charge in [-0.05, 0) is 43.6 Å². The van der Waals surface area contributed by atoms with Crippen LogP contribution < -0.4 is 0 Å². The number of hydrogen-bond donors (Lipinski definition) is 0. The summed E-state index contributed by atoms with van der Waals surface area (Å²) in [5.74, 6) is -0.495. The Morgan fingerprint density at radius 2 is 2.21 bits per heavy atom. The number of esters is 1. The van der Waals surface area contributed by atoms with Gasteiger partial charge >= 0.3 is 5.97 Å². The van der Waals surface area contributed by atoms with Crippen LogP contribution in [0.15, 0.2) is 4.47 Å². The largest absolute Gasteiger partial charge is 0.465 e. The third kappa shape index (κ3) is 3.16. The average molecular weight is 328 g/mol. The molecule has 5 nitrogen and oxygen atoms in total. The maximum atomic E-state index is 11.9. The predicted octanol–water partition coefficient (Wildman–Crippen LogP) is 2.61. The Balaban J connectivity index is 3.12. The Morgan fingerprint density at radius 1 is 1.58 bits per heavy atom. The molecule has 0 spiro atoms. The molecule has 1 aromatic heterocycles. The first kappa shape index (κ1) is 15.7. The van der Waals surface area contributed by atoms with E-state index >= 15 is 0 Å². The maximum absolute atomic E-state index is 11.9. The minimum Gasteiger partial charge on any atom is -0.465 e. The van der Waals surface area contributed by atoms with Gasteiger partial charge < -0.3 is 4.74 Å². The lowest BCUT2D eigenvalue weighted by molar-refractivity contribution is -0.151. The lowest BCUT2D eigenvalue weighted by Gasteiger charge is -2.20. The van der Waals surface area contributed by atoms with E-state index in [4.69, 9.17) is 4.74 Å². The van der Waals surface area contributed by atoms with E-state index in [0.717, 1.165) is 15.9 Å². The van der Waals surface area contributed by atoms with Crippen LogP contribution in [0.25, 0.3) is 0 Å².